The van der Waals surface area contributed by atoms with Crippen LogP contribution in [0, 0.1) is 6.92 Å². The van der Waals surface area contributed by atoms with E-state index in [-0.39, 0.29) is 0 Å². The lowest BCUT2D eigenvalue weighted by Crippen LogP contribution is -2.00. The lowest BCUT2D eigenvalue weighted by atomic mass is 10.2. The summed E-state index contributed by atoms with van der Waals surface area (Å²) in [6.45, 7) is 1.97. The molecular formula is C8H10BrNO. The predicted molar refractivity (Wildman–Crippen MR) is 47.7 cm³/mol. The van der Waals surface area contributed by atoms with E-state index < -0.39 is 6.10 Å². The van der Waals surface area contributed by atoms with Crippen molar-refractivity contribution in [3.8, 4) is 0 Å². The minimum Gasteiger partial charge on any atom is -0.386 e. The fraction of sp³-hybridized carbons (Fsp3) is 0.375. The zero-order valence-corrected chi connectivity index (χ0v) is 7.87. The number of pyridine rings is 1. The molecular weight excluding hydrogens is 206 g/mol. The zero-order valence-electron chi connectivity index (χ0n) is 6.29. The summed E-state index contributed by atoms with van der Waals surface area (Å²) in [5, 5.41) is 9.84. The first-order valence-electron chi connectivity index (χ1n) is 3.40. The van der Waals surface area contributed by atoms with Crippen molar-refractivity contribution < 1.29 is 5.11 Å². The maximum Gasteiger partial charge on any atom is 0.106 e. The monoisotopic (exact) mass is 215 g/mol. The topological polar surface area (TPSA) is 33.1 Å². The third-order valence-electron chi connectivity index (χ3n) is 1.42. The molecule has 11 heavy (non-hydrogen) atoms. The number of aliphatic hydroxyl groups excluding tert-OH is 1. The smallest absolute Gasteiger partial charge is 0.106 e. The zero-order chi connectivity index (χ0) is 8.27. The highest BCUT2D eigenvalue weighted by atomic mass is 79.9. The van der Waals surface area contributed by atoms with E-state index in [0.29, 0.717) is 11.0 Å². The molecule has 3 heteroatoms. The number of aromatic nitrogens is 1. The van der Waals surface area contributed by atoms with Crippen LogP contribution in [0.25, 0.3) is 0 Å². The second-order valence-electron chi connectivity index (χ2n) is 2.43. The second-order valence-corrected chi connectivity index (χ2v) is 3.08. The first-order valence-corrected chi connectivity index (χ1v) is 4.53. The van der Waals surface area contributed by atoms with Gasteiger partial charge in [0.05, 0.1) is 5.69 Å². The van der Waals surface area contributed by atoms with Crippen LogP contribution in [-0.2, 0) is 0 Å². The fourth-order valence-corrected chi connectivity index (χ4v) is 1.09. The minimum atomic E-state index is -0.490. The number of rotatable bonds is 2. The van der Waals surface area contributed by atoms with Crippen molar-refractivity contribution >= 4 is 15.9 Å². The Labute approximate surface area is 74.4 Å². The van der Waals surface area contributed by atoms with Gasteiger partial charge >= 0.3 is 0 Å². The van der Waals surface area contributed by atoms with Gasteiger partial charge in [-0.05, 0) is 18.6 Å². The van der Waals surface area contributed by atoms with Crippen LogP contribution < -0.4 is 0 Å². The first-order chi connectivity index (χ1) is 5.24. The summed E-state index contributed by atoms with van der Waals surface area (Å²) in [6.07, 6.45) is 1.26. The normalized spacial score (nSPS) is 13.0. The Hall–Kier alpha value is -0.410. The molecule has 0 amide bonds. The van der Waals surface area contributed by atoms with Crippen molar-refractivity contribution in [2.45, 2.75) is 13.0 Å². The Kier molecular flexibility index (Phi) is 3.02. The third kappa shape index (κ3) is 2.27. The Morgan fingerprint density at radius 3 is 2.82 bits per heavy atom. The Bertz CT molecular complexity index is 222. The van der Waals surface area contributed by atoms with Crippen LogP contribution in [-0.4, -0.2) is 15.4 Å². The first kappa shape index (κ1) is 8.68. The molecule has 1 rings (SSSR count). The number of aryl methyl sites for hydroxylation is 1. The van der Waals surface area contributed by atoms with E-state index in [4.69, 9.17) is 0 Å². The van der Waals surface area contributed by atoms with E-state index in [1.54, 1.807) is 6.20 Å². The standard InChI is InChI=1S/C8H10BrNO/c1-6-2-3-7(10-5-6)8(11)4-9/h2-3,5,8,11H,4H2,1H3. The maximum absolute atomic E-state index is 9.31. The molecule has 1 N–H and O–H groups in total. The largest absolute Gasteiger partial charge is 0.386 e. The van der Waals surface area contributed by atoms with Gasteiger partial charge in [0.1, 0.15) is 6.10 Å². The van der Waals surface area contributed by atoms with Crippen molar-refractivity contribution in [2.75, 3.05) is 5.33 Å². The summed E-state index contributed by atoms with van der Waals surface area (Å²) < 4.78 is 0. The third-order valence-corrected chi connectivity index (χ3v) is 2.04. The van der Waals surface area contributed by atoms with E-state index in [0.717, 1.165) is 5.56 Å². The van der Waals surface area contributed by atoms with Crippen molar-refractivity contribution in [3.05, 3.63) is 29.6 Å². The van der Waals surface area contributed by atoms with Gasteiger partial charge in [-0.1, -0.05) is 22.0 Å². The summed E-state index contributed by atoms with van der Waals surface area (Å²) in [5.74, 6) is 0. The molecule has 0 aromatic carbocycles. The van der Waals surface area contributed by atoms with Crippen molar-refractivity contribution in [1.29, 1.82) is 0 Å². The number of halogens is 1. The van der Waals surface area contributed by atoms with Gasteiger partial charge in [0, 0.05) is 11.5 Å². The maximum atomic E-state index is 9.31. The molecule has 0 bridgehead atoms. The Morgan fingerprint density at radius 2 is 2.36 bits per heavy atom. The molecule has 2 nitrogen and oxygen atoms in total. The Morgan fingerprint density at radius 1 is 1.64 bits per heavy atom. The molecule has 0 aliphatic rings. The number of hydrogen-bond acceptors (Lipinski definition) is 2. The fourth-order valence-electron chi connectivity index (χ4n) is 0.755. The number of alkyl halides is 1. The Balaban J connectivity index is 2.81. The quantitative estimate of drug-likeness (QED) is 0.765. The van der Waals surface area contributed by atoms with Gasteiger partial charge in [0.25, 0.3) is 0 Å². The van der Waals surface area contributed by atoms with Crippen LogP contribution in [0.1, 0.15) is 17.4 Å². The predicted octanol–water partition coefficient (Wildman–Crippen LogP) is 1.82. The van der Waals surface area contributed by atoms with Crippen LogP contribution in [0.5, 0.6) is 0 Å². The van der Waals surface area contributed by atoms with Gasteiger partial charge in [-0.3, -0.25) is 4.98 Å². The summed E-state index contributed by atoms with van der Waals surface area (Å²) in [6, 6.07) is 3.77. The highest BCUT2D eigenvalue weighted by molar-refractivity contribution is 9.09. The molecule has 1 aromatic heterocycles. The van der Waals surface area contributed by atoms with Crippen LogP contribution in [0.2, 0.25) is 0 Å². The molecule has 0 spiro atoms. The molecule has 0 aliphatic carbocycles. The lowest BCUT2D eigenvalue weighted by Gasteiger charge is -2.04. The molecule has 0 saturated heterocycles. The van der Waals surface area contributed by atoms with E-state index in [1.165, 1.54) is 0 Å². The van der Waals surface area contributed by atoms with Gasteiger partial charge in [0.2, 0.25) is 0 Å². The van der Waals surface area contributed by atoms with Crippen LogP contribution >= 0.6 is 15.9 Å². The lowest BCUT2D eigenvalue weighted by molar-refractivity contribution is 0.200. The summed E-state index contributed by atoms with van der Waals surface area (Å²) in [7, 11) is 0. The highest BCUT2D eigenvalue weighted by Gasteiger charge is 2.04. The van der Waals surface area contributed by atoms with Crippen molar-refractivity contribution in [1.82, 2.24) is 4.98 Å². The molecule has 0 aliphatic heterocycles. The van der Waals surface area contributed by atoms with Crippen molar-refractivity contribution in [3.63, 3.8) is 0 Å². The SMILES string of the molecule is Cc1ccc(C(O)CBr)nc1. The van der Waals surface area contributed by atoms with Gasteiger partial charge in [-0.15, -0.1) is 0 Å². The van der Waals surface area contributed by atoms with Crippen LogP contribution in [0.3, 0.4) is 0 Å². The summed E-state index contributed by atoms with van der Waals surface area (Å²) >= 11 is 3.18. The van der Waals surface area contributed by atoms with Gasteiger partial charge in [0.15, 0.2) is 0 Å². The van der Waals surface area contributed by atoms with Crippen molar-refractivity contribution in [2.24, 2.45) is 0 Å². The molecule has 0 saturated carbocycles. The number of aliphatic hydroxyl groups is 1. The molecule has 1 atom stereocenters. The second kappa shape index (κ2) is 3.83. The van der Waals surface area contributed by atoms with Crippen LogP contribution in [0.15, 0.2) is 18.3 Å². The van der Waals surface area contributed by atoms with Gasteiger partial charge in [-0.2, -0.15) is 0 Å². The highest BCUT2D eigenvalue weighted by Crippen LogP contribution is 2.11. The number of hydrogen-bond donors (Lipinski definition) is 1. The van der Waals surface area contributed by atoms with E-state index >= 15 is 0 Å². The molecule has 1 heterocycles. The van der Waals surface area contributed by atoms with E-state index in [9.17, 15) is 5.11 Å². The molecule has 60 valence electrons. The molecule has 0 radical (unpaired) electrons. The van der Waals surface area contributed by atoms with Gasteiger partial charge < -0.3 is 5.11 Å². The molecule has 1 aromatic rings. The average Bonchev–Trinajstić information content (AvgIpc) is 2.05. The van der Waals surface area contributed by atoms with Crippen LogP contribution in [0.4, 0.5) is 0 Å². The molecule has 1 unspecified atom stereocenters. The summed E-state index contributed by atoms with van der Waals surface area (Å²) in [4.78, 5) is 4.07. The minimum absolute atomic E-state index is 0.490. The summed E-state index contributed by atoms with van der Waals surface area (Å²) in [5.41, 5.74) is 1.82. The van der Waals surface area contributed by atoms with E-state index in [2.05, 4.69) is 20.9 Å². The molecule has 0 fully saturated rings. The average molecular weight is 216 g/mol. The van der Waals surface area contributed by atoms with E-state index in [1.807, 2.05) is 19.1 Å². The van der Waals surface area contributed by atoms with Gasteiger partial charge in [-0.25, -0.2) is 0 Å². The number of nitrogens with zero attached hydrogens (tertiary/aromatic N) is 1.